The normalized spacial score (nSPS) is 15.3. The van der Waals surface area contributed by atoms with Gasteiger partial charge in [0.1, 0.15) is 5.69 Å². The Bertz CT molecular complexity index is 1360. The van der Waals surface area contributed by atoms with Crippen LogP contribution >= 0.6 is 11.3 Å². The fraction of sp³-hybridized carbons (Fsp3) is 0.208. The van der Waals surface area contributed by atoms with Crippen LogP contribution in [-0.4, -0.2) is 41.5 Å². The number of hydrogen-bond acceptors (Lipinski definition) is 6. The summed E-state index contributed by atoms with van der Waals surface area (Å²) in [6.07, 6.45) is 0.676. The third kappa shape index (κ3) is 3.60. The first-order valence-electron chi connectivity index (χ1n) is 10.4. The van der Waals surface area contributed by atoms with Crippen LogP contribution in [0.25, 0.3) is 10.9 Å². The van der Waals surface area contributed by atoms with Crippen LogP contribution in [0.5, 0.6) is 11.5 Å². The molecule has 5 rings (SSSR count). The molecule has 2 aromatic heterocycles. The van der Waals surface area contributed by atoms with Crippen LogP contribution in [0.15, 0.2) is 53.9 Å². The second kappa shape index (κ2) is 8.25. The number of rotatable bonds is 5. The molecular formula is C24H21N3O5S. The average Bonchev–Trinajstić information content (AvgIpc) is 3.51. The van der Waals surface area contributed by atoms with Gasteiger partial charge in [-0.3, -0.25) is 14.9 Å². The standard InChI is InChI=1S/C24H21N3O5S/c1-31-20-12-14-7-8-26(23(22-4-3-9-33-22)17(14)13-21(20)32-2)24(28)19-11-15-10-16(27(29)30)5-6-18(15)25-19/h3-6,9-13,23,25H,7-8H2,1-2H3. The molecule has 9 heteroatoms. The van der Waals surface area contributed by atoms with E-state index in [1.807, 2.05) is 34.5 Å². The molecule has 0 aliphatic carbocycles. The predicted octanol–water partition coefficient (Wildman–Crippen LogP) is 4.94. The number of benzene rings is 2. The number of H-pyrrole nitrogens is 1. The molecule has 1 aliphatic rings. The van der Waals surface area contributed by atoms with E-state index < -0.39 is 4.92 Å². The van der Waals surface area contributed by atoms with Gasteiger partial charge in [0.05, 0.1) is 25.2 Å². The maximum Gasteiger partial charge on any atom is 0.271 e. The van der Waals surface area contributed by atoms with E-state index in [2.05, 4.69) is 4.98 Å². The number of nitro benzene ring substituents is 1. The molecule has 0 radical (unpaired) electrons. The maximum absolute atomic E-state index is 13.7. The number of nitrogens with zero attached hydrogens (tertiary/aromatic N) is 2. The van der Waals surface area contributed by atoms with Crippen LogP contribution in [0, 0.1) is 10.1 Å². The number of thiophene rings is 1. The molecule has 0 spiro atoms. The Kier molecular flexibility index (Phi) is 5.26. The SMILES string of the molecule is COc1cc2c(cc1OC)C(c1cccs1)N(C(=O)c1cc3cc([N+](=O)[O-])ccc3[nH]1)CC2. The number of fused-ring (bicyclic) bond motifs is 2. The van der Waals surface area contributed by atoms with E-state index in [-0.39, 0.29) is 17.6 Å². The van der Waals surface area contributed by atoms with Crippen molar-refractivity contribution in [1.29, 1.82) is 0 Å². The van der Waals surface area contributed by atoms with E-state index in [4.69, 9.17) is 9.47 Å². The van der Waals surface area contributed by atoms with Crippen molar-refractivity contribution in [1.82, 2.24) is 9.88 Å². The summed E-state index contributed by atoms with van der Waals surface area (Å²) in [6, 6.07) is 13.9. The number of ether oxygens (including phenoxy) is 2. The largest absolute Gasteiger partial charge is 0.493 e. The minimum atomic E-state index is -0.440. The van der Waals surface area contributed by atoms with Gasteiger partial charge in [-0.05, 0) is 53.3 Å². The van der Waals surface area contributed by atoms with Crippen LogP contribution in [0.1, 0.15) is 32.5 Å². The van der Waals surface area contributed by atoms with Gasteiger partial charge in [-0.15, -0.1) is 11.3 Å². The van der Waals surface area contributed by atoms with Crippen molar-refractivity contribution in [3.05, 3.63) is 85.7 Å². The molecule has 0 saturated heterocycles. The fourth-order valence-corrected chi connectivity index (χ4v) is 5.28. The quantitative estimate of drug-likeness (QED) is 0.334. The summed E-state index contributed by atoms with van der Waals surface area (Å²) >= 11 is 1.59. The lowest BCUT2D eigenvalue weighted by Crippen LogP contribution is -2.40. The third-order valence-corrected chi connectivity index (χ3v) is 6.92. The summed E-state index contributed by atoms with van der Waals surface area (Å²) < 4.78 is 11.0. The zero-order chi connectivity index (χ0) is 23.1. The zero-order valence-corrected chi connectivity index (χ0v) is 18.8. The zero-order valence-electron chi connectivity index (χ0n) is 18.0. The van der Waals surface area contributed by atoms with E-state index in [1.165, 1.54) is 12.1 Å². The average molecular weight is 464 g/mol. The molecule has 33 heavy (non-hydrogen) atoms. The summed E-state index contributed by atoms with van der Waals surface area (Å²) in [7, 11) is 3.21. The van der Waals surface area contributed by atoms with Crippen molar-refractivity contribution in [2.45, 2.75) is 12.5 Å². The second-order valence-corrected chi connectivity index (χ2v) is 8.76. The van der Waals surface area contributed by atoms with Crippen LogP contribution in [0.3, 0.4) is 0 Å². The molecular weight excluding hydrogens is 442 g/mol. The molecule has 168 valence electrons. The van der Waals surface area contributed by atoms with E-state index in [9.17, 15) is 14.9 Å². The predicted molar refractivity (Wildman–Crippen MR) is 125 cm³/mol. The first-order valence-corrected chi connectivity index (χ1v) is 11.2. The Hall–Kier alpha value is -3.85. The molecule has 3 heterocycles. The van der Waals surface area contributed by atoms with Crippen molar-refractivity contribution < 1.29 is 19.2 Å². The smallest absolute Gasteiger partial charge is 0.271 e. The number of nitrogens with one attached hydrogen (secondary N) is 1. The Morgan fingerprint density at radius 1 is 1.15 bits per heavy atom. The van der Waals surface area contributed by atoms with Gasteiger partial charge in [0, 0.05) is 34.5 Å². The third-order valence-electron chi connectivity index (χ3n) is 5.99. The number of aromatic nitrogens is 1. The first-order chi connectivity index (χ1) is 16.0. The van der Waals surface area contributed by atoms with Crippen molar-refractivity contribution in [2.75, 3.05) is 20.8 Å². The summed E-state index contributed by atoms with van der Waals surface area (Å²) in [6.45, 7) is 0.527. The Morgan fingerprint density at radius 2 is 1.94 bits per heavy atom. The molecule has 8 nitrogen and oxygen atoms in total. The summed E-state index contributed by atoms with van der Waals surface area (Å²) in [5.74, 6) is 1.12. The monoisotopic (exact) mass is 463 g/mol. The maximum atomic E-state index is 13.7. The number of non-ortho nitro benzene ring substituents is 1. The van der Waals surface area contributed by atoms with Gasteiger partial charge < -0.3 is 19.4 Å². The van der Waals surface area contributed by atoms with Gasteiger partial charge in [-0.25, -0.2) is 0 Å². The molecule has 1 atom stereocenters. The second-order valence-electron chi connectivity index (χ2n) is 7.78. The summed E-state index contributed by atoms with van der Waals surface area (Å²) in [5, 5.41) is 13.7. The van der Waals surface area contributed by atoms with E-state index in [1.54, 1.807) is 37.7 Å². The molecule has 1 unspecified atom stereocenters. The highest BCUT2D eigenvalue weighted by molar-refractivity contribution is 7.10. The molecule has 4 aromatic rings. The lowest BCUT2D eigenvalue weighted by molar-refractivity contribution is -0.384. The molecule has 1 aliphatic heterocycles. The van der Waals surface area contributed by atoms with Gasteiger partial charge in [-0.1, -0.05) is 6.07 Å². The first kappa shape index (κ1) is 21.0. The van der Waals surface area contributed by atoms with Crippen LogP contribution < -0.4 is 9.47 Å². The lowest BCUT2D eigenvalue weighted by atomic mass is 9.90. The number of methoxy groups -OCH3 is 2. The highest BCUT2D eigenvalue weighted by atomic mass is 32.1. The number of carbonyl (C=O) groups excluding carboxylic acids is 1. The van der Waals surface area contributed by atoms with Crippen LogP contribution in [0.4, 0.5) is 5.69 Å². The molecule has 0 bridgehead atoms. The summed E-state index contributed by atoms with van der Waals surface area (Å²) in [4.78, 5) is 30.4. The van der Waals surface area contributed by atoms with E-state index in [0.717, 1.165) is 16.0 Å². The van der Waals surface area contributed by atoms with E-state index in [0.29, 0.717) is 41.1 Å². The number of aromatic amines is 1. The van der Waals surface area contributed by atoms with Crippen molar-refractivity contribution in [2.24, 2.45) is 0 Å². The molecule has 2 aromatic carbocycles. The molecule has 0 saturated carbocycles. The van der Waals surface area contributed by atoms with Gasteiger partial charge in [0.15, 0.2) is 11.5 Å². The number of hydrogen-bond donors (Lipinski definition) is 1. The minimum absolute atomic E-state index is 0.00935. The lowest BCUT2D eigenvalue weighted by Gasteiger charge is -2.37. The van der Waals surface area contributed by atoms with E-state index >= 15 is 0 Å². The molecule has 1 amide bonds. The topological polar surface area (TPSA) is 97.7 Å². The number of amides is 1. The Labute approximate surface area is 193 Å². The highest BCUT2D eigenvalue weighted by Gasteiger charge is 2.35. The van der Waals surface area contributed by atoms with Crippen LogP contribution in [0.2, 0.25) is 0 Å². The molecule has 0 fully saturated rings. The summed E-state index contributed by atoms with van der Waals surface area (Å²) in [5.41, 5.74) is 3.19. The highest BCUT2D eigenvalue weighted by Crippen LogP contribution is 2.42. The fourth-order valence-electron chi connectivity index (χ4n) is 4.42. The van der Waals surface area contributed by atoms with Gasteiger partial charge >= 0.3 is 0 Å². The number of carbonyl (C=O) groups is 1. The van der Waals surface area contributed by atoms with Crippen molar-refractivity contribution >= 4 is 33.8 Å². The van der Waals surface area contributed by atoms with Gasteiger partial charge in [-0.2, -0.15) is 0 Å². The van der Waals surface area contributed by atoms with Crippen molar-refractivity contribution in [3.8, 4) is 11.5 Å². The van der Waals surface area contributed by atoms with Gasteiger partial charge in [0.25, 0.3) is 11.6 Å². The molecule has 1 N–H and O–H groups in total. The minimum Gasteiger partial charge on any atom is -0.493 e. The van der Waals surface area contributed by atoms with Crippen LogP contribution in [-0.2, 0) is 6.42 Å². The van der Waals surface area contributed by atoms with Crippen molar-refractivity contribution in [3.63, 3.8) is 0 Å². The van der Waals surface area contributed by atoms with Gasteiger partial charge in [0.2, 0.25) is 0 Å². The Balaban J connectivity index is 1.58. The Morgan fingerprint density at radius 3 is 2.64 bits per heavy atom. The number of nitro groups is 1.